The molecule has 4 aromatic rings. The molecule has 0 amide bonds. The SMILES string of the molecule is O=C(Oc1ccc2c(c1)C(c1ccccc1)C(=O)O2)C(=O)Oc1ccc2c(c1)C(c1ccccc1)C(=O)O2. The van der Waals surface area contributed by atoms with Gasteiger partial charge in [-0.05, 0) is 47.5 Å². The van der Waals surface area contributed by atoms with Crippen LogP contribution in [0.2, 0.25) is 0 Å². The van der Waals surface area contributed by atoms with Crippen LogP contribution in [0.1, 0.15) is 34.1 Å². The summed E-state index contributed by atoms with van der Waals surface area (Å²) >= 11 is 0. The number of hydrogen-bond donors (Lipinski definition) is 0. The Labute approximate surface area is 216 Å². The van der Waals surface area contributed by atoms with Gasteiger partial charge in [0, 0.05) is 11.1 Å². The van der Waals surface area contributed by atoms with E-state index >= 15 is 0 Å². The van der Waals surface area contributed by atoms with Gasteiger partial charge in [0.2, 0.25) is 0 Å². The first-order chi connectivity index (χ1) is 18.5. The molecule has 0 aliphatic carbocycles. The lowest BCUT2D eigenvalue weighted by Crippen LogP contribution is -2.25. The fourth-order valence-corrected chi connectivity index (χ4v) is 4.63. The van der Waals surface area contributed by atoms with E-state index in [0.717, 1.165) is 11.1 Å². The molecule has 186 valence electrons. The summed E-state index contributed by atoms with van der Waals surface area (Å²) in [6.07, 6.45) is 0. The third-order valence-electron chi connectivity index (χ3n) is 6.33. The van der Waals surface area contributed by atoms with Crippen molar-refractivity contribution in [1.29, 1.82) is 0 Å². The van der Waals surface area contributed by atoms with E-state index in [9.17, 15) is 19.2 Å². The number of benzene rings is 4. The van der Waals surface area contributed by atoms with Crippen LogP contribution in [0.3, 0.4) is 0 Å². The van der Waals surface area contributed by atoms with Gasteiger partial charge in [0.1, 0.15) is 34.8 Å². The monoisotopic (exact) mass is 506 g/mol. The van der Waals surface area contributed by atoms with Gasteiger partial charge in [-0.25, -0.2) is 9.59 Å². The van der Waals surface area contributed by atoms with Gasteiger partial charge in [0.25, 0.3) is 0 Å². The van der Waals surface area contributed by atoms with Gasteiger partial charge in [0.05, 0.1) is 0 Å². The van der Waals surface area contributed by atoms with Crippen LogP contribution in [0.25, 0.3) is 0 Å². The Morgan fingerprint density at radius 2 is 0.947 bits per heavy atom. The second-order valence-electron chi connectivity index (χ2n) is 8.71. The standard InChI is InChI=1S/C30H18O8/c31-27-25(17-7-3-1-4-8-17)21-15-19(11-13-23(21)37-27)35-29(33)30(34)36-20-12-14-24-22(16-20)26(28(32)38-24)18-9-5-2-6-10-18/h1-16,25-26H. The summed E-state index contributed by atoms with van der Waals surface area (Å²) in [5, 5.41) is 0. The molecule has 0 aromatic heterocycles. The lowest BCUT2D eigenvalue weighted by Gasteiger charge is -2.10. The molecule has 6 rings (SSSR count). The maximum absolute atomic E-state index is 12.5. The fourth-order valence-electron chi connectivity index (χ4n) is 4.63. The molecule has 2 heterocycles. The summed E-state index contributed by atoms with van der Waals surface area (Å²) in [6, 6.07) is 27.0. The third-order valence-corrected chi connectivity index (χ3v) is 6.33. The van der Waals surface area contributed by atoms with E-state index in [1.807, 2.05) is 36.4 Å². The minimum atomic E-state index is -1.25. The number of ether oxygens (including phenoxy) is 4. The zero-order valence-corrected chi connectivity index (χ0v) is 19.7. The highest BCUT2D eigenvalue weighted by atomic mass is 16.6. The first-order valence-electron chi connectivity index (χ1n) is 11.7. The van der Waals surface area contributed by atoms with E-state index < -0.39 is 35.7 Å². The average molecular weight is 506 g/mol. The van der Waals surface area contributed by atoms with Crippen molar-refractivity contribution in [2.45, 2.75) is 11.8 Å². The van der Waals surface area contributed by atoms with E-state index in [1.54, 1.807) is 24.3 Å². The normalized spacial score (nSPS) is 17.2. The van der Waals surface area contributed by atoms with Crippen LogP contribution in [0.15, 0.2) is 97.1 Å². The molecular weight excluding hydrogens is 488 g/mol. The van der Waals surface area contributed by atoms with Crippen molar-refractivity contribution in [3.63, 3.8) is 0 Å². The fraction of sp³-hybridized carbons (Fsp3) is 0.0667. The average Bonchev–Trinajstić information content (AvgIpc) is 3.43. The highest BCUT2D eigenvalue weighted by molar-refractivity contribution is 6.31. The van der Waals surface area contributed by atoms with Crippen LogP contribution >= 0.6 is 0 Å². The zero-order valence-electron chi connectivity index (χ0n) is 19.7. The lowest BCUT2D eigenvalue weighted by atomic mass is 9.92. The number of fused-ring (bicyclic) bond motifs is 2. The van der Waals surface area contributed by atoms with Crippen LogP contribution in [-0.2, 0) is 19.2 Å². The molecule has 0 spiro atoms. The molecule has 0 fully saturated rings. The van der Waals surface area contributed by atoms with Gasteiger partial charge in [-0.2, -0.15) is 0 Å². The van der Waals surface area contributed by atoms with Gasteiger partial charge < -0.3 is 18.9 Å². The van der Waals surface area contributed by atoms with Gasteiger partial charge in [-0.1, -0.05) is 60.7 Å². The minimum Gasteiger partial charge on any atom is -0.425 e. The number of carbonyl (C=O) groups excluding carboxylic acids is 4. The molecule has 0 N–H and O–H groups in total. The summed E-state index contributed by atoms with van der Waals surface area (Å²) in [7, 11) is 0. The summed E-state index contributed by atoms with van der Waals surface area (Å²) in [5.41, 5.74) is 2.50. The second-order valence-corrected chi connectivity index (χ2v) is 8.71. The first kappa shape index (κ1) is 23.2. The van der Waals surface area contributed by atoms with E-state index in [1.165, 1.54) is 36.4 Å². The van der Waals surface area contributed by atoms with E-state index in [0.29, 0.717) is 22.6 Å². The predicted octanol–water partition coefficient (Wildman–Crippen LogP) is 4.30. The first-order valence-corrected chi connectivity index (χ1v) is 11.7. The van der Waals surface area contributed by atoms with Gasteiger partial charge in [0.15, 0.2) is 0 Å². The molecule has 0 saturated heterocycles. The number of hydrogen-bond acceptors (Lipinski definition) is 8. The van der Waals surface area contributed by atoms with Crippen molar-refractivity contribution in [3.05, 3.63) is 119 Å². The van der Waals surface area contributed by atoms with E-state index in [2.05, 4.69) is 0 Å². The highest BCUT2D eigenvalue weighted by Gasteiger charge is 2.36. The number of esters is 4. The molecule has 2 unspecified atom stereocenters. The van der Waals surface area contributed by atoms with Crippen molar-refractivity contribution in [2.24, 2.45) is 0 Å². The third kappa shape index (κ3) is 4.18. The molecule has 8 heteroatoms. The number of rotatable bonds is 4. The number of carbonyl (C=O) groups is 4. The van der Waals surface area contributed by atoms with Crippen molar-refractivity contribution in [1.82, 2.24) is 0 Å². The van der Waals surface area contributed by atoms with Crippen LogP contribution in [0.5, 0.6) is 23.0 Å². The quantitative estimate of drug-likeness (QED) is 0.229. The summed E-state index contributed by atoms with van der Waals surface area (Å²) in [5.74, 6) is -3.91. The topological polar surface area (TPSA) is 105 Å². The van der Waals surface area contributed by atoms with Crippen molar-refractivity contribution < 1.29 is 38.1 Å². The van der Waals surface area contributed by atoms with Crippen molar-refractivity contribution in [2.75, 3.05) is 0 Å². The molecule has 2 atom stereocenters. The van der Waals surface area contributed by atoms with Crippen molar-refractivity contribution in [3.8, 4) is 23.0 Å². The predicted molar refractivity (Wildman–Crippen MR) is 132 cm³/mol. The Hall–Kier alpha value is -5.24. The Morgan fingerprint density at radius 3 is 1.34 bits per heavy atom. The Morgan fingerprint density at radius 1 is 0.553 bits per heavy atom. The minimum absolute atomic E-state index is 0.0574. The van der Waals surface area contributed by atoms with Crippen LogP contribution in [-0.4, -0.2) is 23.9 Å². The Kier molecular flexibility index (Phi) is 5.69. The molecule has 2 aliphatic heterocycles. The summed E-state index contributed by atoms with van der Waals surface area (Å²) in [6.45, 7) is 0. The molecule has 2 aliphatic rings. The maximum Gasteiger partial charge on any atom is 0.423 e. The Balaban J connectivity index is 1.18. The summed E-state index contributed by atoms with van der Waals surface area (Å²) < 4.78 is 21.1. The lowest BCUT2D eigenvalue weighted by molar-refractivity contribution is -0.156. The summed E-state index contributed by atoms with van der Waals surface area (Å²) in [4.78, 5) is 50.0. The van der Waals surface area contributed by atoms with Crippen LogP contribution in [0.4, 0.5) is 0 Å². The molecule has 0 saturated carbocycles. The molecule has 38 heavy (non-hydrogen) atoms. The van der Waals surface area contributed by atoms with E-state index in [4.69, 9.17) is 18.9 Å². The largest absolute Gasteiger partial charge is 0.425 e. The molecule has 4 aromatic carbocycles. The zero-order chi connectivity index (χ0) is 26.2. The van der Waals surface area contributed by atoms with E-state index in [-0.39, 0.29) is 11.5 Å². The molecule has 0 radical (unpaired) electrons. The van der Waals surface area contributed by atoms with Gasteiger partial charge in [-0.3, -0.25) is 9.59 Å². The smallest absolute Gasteiger partial charge is 0.423 e. The molecule has 0 bridgehead atoms. The van der Waals surface area contributed by atoms with Crippen LogP contribution < -0.4 is 18.9 Å². The Bertz CT molecular complexity index is 1470. The molecule has 8 nitrogen and oxygen atoms in total. The molecular formula is C30H18O8. The maximum atomic E-state index is 12.5. The van der Waals surface area contributed by atoms with Gasteiger partial charge >= 0.3 is 23.9 Å². The van der Waals surface area contributed by atoms with Crippen molar-refractivity contribution >= 4 is 23.9 Å². The van der Waals surface area contributed by atoms with Crippen LogP contribution in [0, 0.1) is 0 Å². The second kappa shape index (κ2) is 9.33. The van der Waals surface area contributed by atoms with Gasteiger partial charge in [-0.15, -0.1) is 0 Å². The highest BCUT2D eigenvalue weighted by Crippen LogP contribution is 2.42.